The summed E-state index contributed by atoms with van der Waals surface area (Å²) >= 11 is 2.13. The standard InChI is InChI=1S/C21H29PS/c1-2-3-18-23-19-12-6-11-17-22(20-13-7-4-8-14-20)21-15-9-5-10-16-21/h4-5,7-10,13-16H,2-3,6,11-12,17-19H2,1H3. The molecule has 2 heteroatoms. The van der Waals surface area contributed by atoms with Crippen LogP contribution in [0.25, 0.3) is 0 Å². The first-order valence-corrected chi connectivity index (χ1v) is 11.6. The lowest BCUT2D eigenvalue weighted by Crippen LogP contribution is -2.13. The van der Waals surface area contributed by atoms with E-state index in [9.17, 15) is 0 Å². The van der Waals surface area contributed by atoms with Crippen LogP contribution in [0.5, 0.6) is 0 Å². The SMILES string of the molecule is CCCCSCCCCCP(c1ccccc1)c1ccccc1. The van der Waals surface area contributed by atoms with Gasteiger partial charge in [0.2, 0.25) is 0 Å². The Morgan fingerprint density at radius 2 is 1.26 bits per heavy atom. The molecule has 0 N–H and O–H groups in total. The van der Waals surface area contributed by atoms with Gasteiger partial charge in [0.25, 0.3) is 0 Å². The van der Waals surface area contributed by atoms with E-state index in [1.54, 1.807) is 0 Å². The summed E-state index contributed by atoms with van der Waals surface area (Å²) in [6.07, 6.45) is 8.12. The minimum absolute atomic E-state index is 0.188. The third-order valence-corrected chi connectivity index (χ3v) is 7.71. The summed E-state index contributed by atoms with van der Waals surface area (Å²) in [4.78, 5) is 0. The Labute approximate surface area is 147 Å². The van der Waals surface area contributed by atoms with E-state index < -0.39 is 0 Å². The molecule has 0 aliphatic carbocycles. The first-order valence-electron chi connectivity index (χ1n) is 8.87. The van der Waals surface area contributed by atoms with Gasteiger partial charge in [-0.2, -0.15) is 11.8 Å². The van der Waals surface area contributed by atoms with E-state index in [1.807, 2.05) is 0 Å². The summed E-state index contributed by atoms with van der Waals surface area (Å²) in [5.41, 5.74) is 0. The largest absolute Gasteiger partial charge is 0.162 e. The minimum Gasteiger partial charge on any atom is -0.162 e. The van der Waals surface area contributed by atoms with Crippen LogP contribution in [0, 0.1) is 0 Å². The molecule has 0 aliphatic heterocycles. The van der Waals surface area contributed by atoms with Crippen LogP contribution in [0.4, 0.5) is 0 Å². The van der Waals surface area contributed by atoms with E-state index >= 15 is 0 Å². The normalized spacial score (nSPS) is 11.0. The van der Waals surface area contributed by atoms with Gasteiger partial charge in [0.1, 0.15) is 0 Å². The third kappa shape index (κ3) is 7.10. The van der Waals surface area contributed by atoms with E-state index in [0.29, 0.717) is 0 Å². The second kappa shape index (κ2) is 11.7. The van der Waals surface area contributed by atoms with Crippen molar-refractivity contribution in [2.24, 2.45) is 0 Å². The van der Waals surface area contributed by atoms with Crippen molar-refractivity contribution in [2.75, 3.05) is 17.7 Å². The summed E-state index contributed by atoms with van der Waals surface area (Å²) in [5.74, 6) is 2.69. The molecule has 0 saturated carbocycles. The van der Waals surface area contributed by atoms with Crippen LogP contribution in [-0.4, -0.2) is 17.7 Å². The second-order valence-electron chi connectivity index (χ2n) is 5.85. The fraction of sp³-hybridized carbons (Fsp3) is 0.429. The molecule has 2 aromatic carbocycles. The average Bonchev–Trinajstić information content (AvgIpc) is 2.62. The highest BCUT2D eigenvalue weighted by molar-refractivity contribution is 7.99. The molecule has 0 aliphatic rings. The summed E-state index contributed by atoms with van der Waals surface area (Å²) in [5, 5.41) is 3.04. The Balaban J connectivity index is 1.80. The fourth-order valence-electron chi connectivity index (χ4n) is 2.62. The zero-order valence-corrected chi connectivity index (χ0v) is 16.0. The van der Waals surface area contributed by atoms with Gasteiger partial charge in [-0.3, -0.25) is 0 Å². The molecule has 124 valence electrons. The van der Waals surface area contributed by atoms with Crippen LogP contribution in [-0.2, 0) is 0 Å². The van der Waals surface area contributed by atoms with Gasteiger partial charge < -0.3 is 0 Å². The molecular formula is C21H29PS. The molecule has 0 saturated heterocycles. The first kappa shape index (κ1) is 18.6. The molecule has 0 heterocycles. The Hall–Kier alpha value is -0.780. The number of hydrogen-bond donors (Lipinski definition) is 0. The Morgan fingerprint density at radius 1 is 0.696 bits per heavy atom. The molecule has 2 aromatic rings. The summed E-state index contributed by atoms with van der Waals surface area (Å²) < 4.78 is 0. The number of rotatable bonds is 11. The molecular weight excluding hydrogens is 315 g/mol. The zero-order chi connectivity index (χ0) is 16.2. The van der Waals surface area contributed by atoms with E-state index in [-0.39, 0.29) is 7.92 Å². The summed E-state index contributed by atoms with van der Waals surface area (Å²) in [6, 6.07) is 22.2. The van der Waals surface area contributed by atoms with Crippen molar-refractivity contribution >= 4 is 30.3 Å². The highest BCUT2D eigenvalue weighted by Gasteiger charge is 2.12. The Bertz CT molecular complexity index is 472. The Kier molecular flexibility index (Phi) is 9.45. The van der Waals surface area contributed by atoms with Crippen LogP contribution in [0.2, 0.25) is 0 Å². The van der Waals surface area contributed by atoms with Gasteiger partial charge >= 0.3 is 0 Å². The molecule has 23 heavy (non-hydrogen) atoms. The molecule has 0 aromatic heterocycles. The van der Waals surface area contributed by atoms with Gasteiger partial charge in [-0.1, -0.05) is 80.4 Å². The van der Waals surface area contributed by atoms with Gasteiger partial charge in [-0.15, -0.1) is 0 Å². The highest BCUT2D eigenvalue weighted by atomic mass is 32.2. The number of unbranched alkanes of at least 4 members (excludes halogenated alkanes) is 3. The summed E-state index contributed by atoms with van der Waals surface area (Å²) in [7, 11) is -0.188. The first-order chi connectivity index (χ1) is 11.4. The van der Waals surface area contributed by atoms with Crippen molar-refractivity contribution in [2.45, 2.75) is 39.0 Å². The van der Waals surface area contributed by atoms with Gasteiger partial charge in [-0.05, 0) is 55.5 Å². The monoisotopic (exact) mass is 344 g/mol. The summed E-state index contributed by atoms with van der Waals surface area (Å²) in [6.45, 7) is 2.27. The van der Waals surface area contributed by atoms with Crippen molar-refractivity contribution in [1.82, 2.24) is 0 Å². The van der Waals surface area contributed by atoms with Crippen molar-refractivity contribution in [1.29, 1.82) is 0 Å². The maximum atomic E-state index is 2.30. The van der Waals surface area contributed by atoms with Crippen molar-refractivity contribution in [3.05, 3.63) is 60.7 Å². The predicted octanol–water partition coefficient (Wildman–Crippen LogP) is 5.82. The van der Waals surface area contributed by atoms with Gasteiger partial charge in [0, 0.05) is 0 Å². The highest BCUT2D eigenvalue weighted by Crippen LogP contribution is 2.34. The minimum atomic E-state index is -0.188. The molecule has 0 fully saturated rings. The van der Waals surface area contributed by atoms with Crippen LogP contribution in [0.1, 0.15) is 39.0 Å². The smallest absolute Gasteiger partial charge is 0.00675 e. The maximum Gasteiger partial charge on any atom is -0.00675 e. The zero-order valence-electron chi connectivity index (χ0n) is 14.3. The molecule has 0 amide bonds. The van der Waals surface area contributed by atoms with Gasteiger partial charge in [0.05, 0.1) is 0 Å². The quantitative estimate of drug-likeness (QED) is 0.365. The van der Waals surface area contributed by atoms with Crippen LogP contribution in [0.15, 0.2) is 60.7 Å². The van der Waals surface area contributed by atoms with E-state index in [1.165, 1.54) is 60.4 Å². The Morgan fingerprint density at radius 3 is 1.83 bits per heavy atom. The van der Waals surface area contributed by atoms with Crippen LogP contribution in [0.3, 0.4) is 0 Å². The molecule has 0 nitrogen and oxygen atoms in total. The van der Waals surface area contributed by atoms with Gasteiger partial charge in [0.15, 0.2) is 0 Å². The lowest BCUT2D eigenvalue weighted by molar-refractivity contribution is 0.783. The molecule has 0 unspecified atom stereocenters. The topological polar surface area (TPSA) is 0 Å². The number of benzene rings is 2. The molecule has 0 spiro atoms. The van der Waals surface area contributed by atoms with Crippen molar-refractivity contribution < 1.29 is 0 Å². The average molecular weight is 345 g/mol. The van der Waals surface area contributed by atoms with E-state index in [0.717, 1.165) is 0 Å². The van der Waals surface area contributed by atoms with Crippen LogP contribution >= 0.6 is 19.7 Å². The van der Waals surface area contributed by atoms with E-state index in [4.69, 9.17) is 0 Å². The molecule has 2 rings (SSSR count). The maximum absolute atomic E-state index is 2.30. The van der Waals surface area contributed by atoms with Crippen molar-refractivity contribution in [3.63, 3.8) is 0 Å². The third-order valence-electron chi connectivity index (χ3n) is 3.95. The lowest BCUT2D eigenvalue weighted by atomic mass is 10.3. The second-order valence-corrected chi connectivity index (χ2v) is 9.41. The lowest BCUT2D eigenvalue weighted by Gasteiger charge is -2.18. The van der Waals surface area contributed by atoms with Crippen molar-refractivity contribution in [3.8, 4) is 0 Å². The number of hydrogen-bond acceptors (Lipinski definition) is 1. The fourth-order valence-corrected chi connectivity index (χ4v) is 6.15. The van der Waals surface area contributed by atoms with Crippen LogP contribution < -0.4 is 10.6 Å². The molecule has 0 atom stereocenters. The molecule has 0 bridgehead atoms. The molecule has 0 radical (unpaired) electrons. The predicted molar refractivity (Wildman–Crippen MR) is 110 cm³/mol. The van der Waals surface area contributed by atoms with Gasteiger partial charge in [-0.25, -0.2) is 0 Å². The number of thioether (sulfide) groups is 1. The van der Waals surface area contributed by atoms with E-state index in [2.05, 4.69) is 79.3 Å².